The Balaban J connectivity index is 1.57. The smallest absolute Gasteiger partial charge is 0.247 e. The normalized spacial score (nSPS) is 16.2. The van der Waals surface area contributed by atoms with Crippen molar-refractivity contribution in [2.24, 2.45) is 0 Å². The van der Waals surface area contributed by atoms with Gasteiger partial charge in [0, 0.05) is 36.7 Å². The molecule has 31 heavy (non-hydrogen) atoms. The molecule has 0 aliphatic carbocycles. The number of nitrogen functional groups attached to an aromatic ring is 1. The third kappa shape index (κ3) is 3.68. The third-order valence-electron chi connectivity index (χ3n) is 5.50. The fraction of sp³-hybridized carbons (Fsp3) is 0.318. The maximum Gasteiger partial charge on any atom is 0.247 e. The molecule has 0 bridgehead atoms. The molecule has 5 heterocycles. The van der Waals surface area contributed by atoms with Crippen molar-refractivity contribution in [2.75, 3.05) is 12.3 Å². The summed E-state index contributed by atoms with van der Waals surface area (Å²) in [5.74, 6) is 0.199. The van der Waals surface area contributed by atoms with Crippen LogP contribution in [0.5, 0.6) is 0 Å². The van der Waals surface area contributed by atoms with Crippen LogP contribution in [0.4, 0.5) is 5.82 Å². The second kappa shape index (κ2) is 7.92. The minimum atomic E-state index is -0.152. The lowest BCUT2D eigenvalue weighted by Crippen LogP contribution is -2.14. The van der Waals surface area contributed by atoms with E-state index in [1.807, 2.05) is 29.7 Å². The van der Waals surface area contributed by atoms with Crippen LogP contribution in [0.3, 0.4) is 0 Å². The Morgan fingerprint density at radius 1 is 1.26 bits per heavy atom. The standard InChI is InChI=1S/C22H22N6O3/c1-13-11-25-17-7-4-14(12-28(13)17)18-20(22-24-8-10-31-22)27-21(23)19(26-18)16(29)6-5-15-3-2-9-30-15/h4,7-8,10-12,15H,2-3,5-6,9H2,1H3,(H2,23,27)/t15-/m0/s1. The number of hydrogen-bond donors (Lipinski definition) is 1. The Morgan fingerprint density at radius 2 is 2.16 bits per heavy atom. The highest BCUT2D eigenvalue weighted by Crippen LogP contribution is 2.31. The van der Waals surface area contributed by atoms with E-state index in [9.17, 15) is 4.79 Å². The summed E-state index contributed by atoms with van der Waals surface area (Å²) in [7, 11) is 0. The molecule has 0 spiro atoms. The van der Waals surface area contributed by atoms with Crippen molar-refractivity contribution in [2.45, 2.75) is 38.7 Å². The number of oxazole rings is 1. The number of carbonyl (C=O) groups excluding carboxylic acids is 1. The average Bonchev–Trinajstić information content (AvgIpc) is 3.55. The highest BCUT2D eigenvalue weighted by molar-refractivity contribution is 5.99. The predicted molar refractivity (Wildman–Crippen MR) is 113 cm³/mol. The summed E-state index contributed by atoms with van der Waals surface area (Å²) in [6.07, 6.45) is 9.78. The van der Waals surface area contributed by atoms with Gasteiger partial charge < -0.3 is 19.3 Å². The minimum absolute atomic E-state index is 0.0641. The molecule has 1 fully saturated rings. The summed E-state index contributed by atoms with van der Waals surface area (Å²) in [6.45, 7) is 2.72. The van der Waals surface area contributed by atoms with Crippen molar-refractivity contribution < 1.29 is 13.9 Å². The highest BCUT2D eigenvalue weighted by Gasteiger charge is 2.24. The van der Waals surface area contributed by atoms with Crippen molar-refractivity contribution in [3.63, 3.8) is 0 Å². The molecule has 1 atom stereocenters. The largest absolute Gasteiger partial charge is 0.443 e. The number of pyridine rings is 1. The number of nitrogens with zero attached hydrogens (tertiary/aromatic N) is 5. The first-order valence-corrected chi connectivity index (χ1v) is 10.3. The van der Waals surface area contributed by atoms with E-state index in [0.717, 1.165) is 36.4 Å². The molecule has 158 valence electrons. The first-order chi connectivity index (χ1) is 15.1. The zero-order valence-corrected chi connectivity index (χ0v) is 17.1. The number of hydrogen-bond acceptors (Lipinski definition) is 8. The molecule has 2 N–H and O–H groups in total. The molecule has 0 radical (unpaired) electrons. The van der Waals surface area contributed by atoms with Gasteiger partial charge in [0.1, 0.15) is 23.3 Å². The Kier molecular flexibility index (Phi) is 4.95. The lowest BCUT2D eigenvalue weighted by Gasteiger charge is -2.12. The van der Waals surface area contributed by atoms with E-state index >= 15 is 0 Å². The number of ether oxygens (including phenoxy) is 1. The van der Waals surface area contributed by atoms with Gasteiger partial charge in [0.2, 0.25) is 5.89 Å². The van der Waals surface area contributed by atoms with Crippen LogP contribution in [0, 0.1) is 6.92 Å². The molecule has 4 aromatic heterocycles. The fourth-order valence-electron chi connectivity index (χ4n) is 3.87. The van der Waals surface area contributed by atoms with Crippen molar-refractivity contribution >= 4 is 17.2 Å². The Labute approximate surface area is 178 Å². The third-order valence-corrected chi connectivity index (χ3v) is 5.50. The Bertz CT molecular complexity index is 1240. The molecule has 9 nitrogen and oxygen atoms in total. The highest BCUT2D eigenvalue weighted by atomic mass is 16.5. The Morgan fingerprint density at radius 3 is 2.94 bits per heavy atom. The van der Waals surface area contributed by atoms with Gasteiger partial charge in [0.25, 0.3) is 0 Å². The van der Waals surface area contributed by atoms with Gasteiger partial charge in [-0.1, -0.05) is 0 Å². The predicted octanol–water partition coefficient (Wildman–Crippen LogP) is 3.48. The zero-order valence-electron chi connectivity index (χ0n) is 17.1. The molecule has 4 aromatic rings. The van der Waals surface area contributed by atoms with Crippen LogP contribution in [0.15, 0.2) is 41.4 Å². The first kappa shape index (κ1) is 19.4. The SMILES string of the molecule is Cc1cnc2ccc(-c3nc(C(=O)CC[C@@H]4CCCO4)c(N)nc3-c3ncco3)cn12. The van der Waals surface area contributed by atoms with Crippen LogP contribution in [0.2, 0.25) is 0 Å². The summed E-state index contributed by atoms with van der Waals surface area (Å²) < 4.78 is 13.0. The first-order valence-electron chi connectivity index (χ1n) is 10.3. The number of aryl methyl sites for hydroxylation is 1. The average molecular weight is 418 g/mol. The van der Waals surface area contributed by atoms with Crippen LogP contribution in [0.25, 0.3) is 28.5 Å². The molecule has 0 amide bonds. The molecule has 9 heteroatoms. The molecular weight excluding hydrogens is 396 g/mol. The van der Waals surface area contributed by atoms with Crippen molar-refractivity contribution in [1.82, 2.24) is 24.3 Å². The molecule has 1 saturated heterocycles. The maximum atomic E-state index is 12.9. The summed E-state index contributed by atoms with van der Waals surface area (Å²) in [5.41, 5.74) is 9.71. The lowest BCUT2D eigenvalue weighted by molar-refractivity contribution is 0.0856. The van der Waals surface area contributed by atoms with E-state index in [1.165, 1.54) is 12.5 Å². The van der Waals surface area contributed by atoms with Gasteiger partial charge in [0.05, 0.1) is 12.3 Å². The molecule has 0 aromatic carbocycles. The Hall–Kier alpha value is -3.59. The molecular formula is C22H22N6O3. The van der Waals surface area contributed by atoms with E-state index in [2.05, 4.69) is 19.9 Å². The van der Waals surface area contributed by atoms with Gasteiger partial charge in [-0.15, -0.1) is 0 Å². The van der Waals surface area contributed by atoms with Crippen LogP contribution in [-0.4, -0.2) is 42.8 Å². The monoisotopic (exact) mass is 418 g/mol. The zero-order chi connectivity index (χ0) is 21.4. The molecule has 1 aliphatic rings. The number of fused-ring (bicyclic) bond motifs is 1. The number of aromatic nitrogens is 5. The number of rotatable bonds is 6. The summed E-state index contributed by atoms with van der Waals surface area (Å²) in [4.78, 5) is 30.6. The topological polar surface area (TPSA) is 121 Å². The van der Waals surface area contributed by atoms with Crippen molar-refractivity contribution in [3.05, 3.63) is 48.4 Å². The lowest BCUT2D eigenvalue weighted by atomic mass is 10.1. The van der Waals surface area contributed by atoms with E-state index in [4.69, 9.17) is 14.9 Å². The number of ketones is 1. The van der Waals surface area contributed by atoms with E-state index in [1.54, 1.807) is 6.20 Å². The number of nitrogens with two attached hydrogens (primary N) is 1. The van der Waals surface area contributed by atoms with Crippen molar-refractivity contribution in [1.29, 1.82) is 0 Å². The van der Waals surface area contributed by atoms with Gasteiger partial charge >= 0.3 is 0 Å². The van der Waals surface area contributed by atoms with Gasteiger partial charge in [-0.3, -0.25) is 4.79 Å². The van der Waals surface area contributed by atoms with Gasteiger partial charge in [-0.2, -0.15) is 0 Å². The van der Waals surface area contributed by atoms with Crippen LogP contribution >= 0.6 is 0 Å². The minimum Gasteiger partial charge on any atom is -0.443 e. The number of anilines is 1. The number of carbonyl (C=O) groups is 1. The molecule has 1 aliphatic heterocycles. The fourth-order valence-corrected chi connectivity index (χ4v) is 3.87. The van der Waals surface area contributed by atoms with Gasteiger partial charge in [0.15, 0.2) is 17.3 Å². The molecule has 5 rings (SSSR count). The van der Waals surface area contributed by atoms with E-state index in [-0.39, 0.29) is 29.3 Å². The van der Waals surface area contributed by atoms with E-state index in [0.29, 0.717) is 24.2 Å². The second-order valence-electron chi connectivity index (χ2n) is 7.63. The van der Waals surface area contributed by atoms with Crippen molar-refractivity contribution in [3.8, 4) is 22.8 Å². The number of Topliss-reactive ketones (excluding diaryl/α,β-unsaturated/α-hetero) is 1. The second-order valence-corrected chi connectivity index (χ2v) is 7.63. The molecule has 0 unspecified atom stereocenters. The summed E-state index contributed by atoms with van der Waals surface area (Å²) in [6, 6.07) is 3.77. The molecule has 0 saturated carbocycles. The van der Waals surface area contributed by atoms with Gasteiger partial charge in [-0.05, 0) is 38.3 Å². The van der Waals surface area contributed by atoms with Crippen LogP contribution < -0.4 is 5.73 Å². The van der Waals surface area contributed by atoms with Crippen LogP contribution in [-0.2, 0) is 4.74 Å². The quantitative estimate of drug-likeness (QED) is 0.472. The van der Waals surface area contributed by atoms with E-state index < -0.39 is 0 Å². The summed E-state index contributed by atoms with van der Waals surface area (Å²) in [5, 5.41) is 0. The number of imidazole rings is 1. The maximum absolute atomic E-state index is 12.9. The van der Waals surface area contributed by atoms with Crippen LogP contribution in [0.1, 0.15) is 41.9 Å². The van der Waals surface area contributed by atoms with Gasteiger partial charge in [-0.25, -0.2) is 19.9 Å². The summed E-state index contributed by atoms with van der Waals surface area (Å²) >= 11 is 0.